The summed E-state index contributed by atoms with van der Waals surface area (Å²) in [6, 6.07) is 7.56. The molecule has 0 saturated carbocycles. The molecular weight excluding hydrogens is 572 g/mol. The number of phenolic OH excluding ortho intramolecular Hbond substituents is 1. The fourth-order valence-electron chi connectivity index (χ4n) is 3.82. The lowest BCUT2D eigenvalue weighted by molar-refractivity contribution is -0.136. The van der Waals surface area contributed by atoms with Crippen LogP contribution in [-0.4, -0.2) is 36.0 Å². The standard InChI is InChI=1S/C25H22BrClN2O6S/c1-4-34-18-7-6-13(9-19(18)35-5-2)21-16(24(32)33-3)12-28-25-29(21)23(31)20(36-25)10-14-8-15(27)11-17(26)22(14)30/h6-12,21,30H,4-5H2,1-3H3/b20-10-/t21-/m1/s1. The summed E-state index contributed by atoms with van der Waals surface area (Å²) < 4.78 is 18.5. The molecule has 0 unspecified atom stereocenters. The molecule has 1 N–H and O–H groups in total. The van der Waals surface area contributed by atoms with Gasteiger partial charge >= 0.3 is 5.97 Å². The Labute approximate surface area is 223 Å². The van der Waals surface area contributed by atoms with Gasteiger partial charge in [0.05, 0.1) is 40.9 Å². The number of halogens is 2. The van der Waals surface area contributed by atoms with Gasteiger partial charge in [0, 0.05) is 16.8 Å². The molecule has 36 heavy (non-hydrogen) atoms. The molecule has 1 atom stereocenters. The van der Waals surface area contributed by atoms with Crippen LogP contribution in [0.25, 0.3) is 6.08 Å². The van der Waals surface area contributed by atoms with Crippen LogP contribution in [0.2, 0.25) is 5.02 Å². The lowest BCUT2D eigenvalue weighted by Gasteiger charge is -2.23. The Balaban J connectivity index is 1.93. The molecule has 3 aromatic rings. The molecule has 0 bridgehead atoms. The number of nitrogens with zero attached hydrogens (tertiary/aromatic N) is 2. The fourth-order valence-corrected chi connectivity index (χ4v) is 5.62. The van der Waals surface area contributed by atoms with Gasteiger partial charge in [-0.25, -0.2) is 9.79 Å². The third-order valence-electron chi connectivity index (χ3n) is 5.35. The number of carbonyl (C=O) groups excluding carboxylic acids is 1. The molecule has 1 aliphatic rings. The first-order valence-electron chi connectivity index (χ1n) is 11.0. The van der Waals surface area contributed by atoms with E-state index in [0.717, 1.165) is 11.3 Å². The first-order valence-corrected chi connectivity index (χ1v) is 12.9. The van der Waals surface area contributed by atoms with Crippen molar-refractivity contribution in [2.75, 3.05) is 20.3 Å². The molecule has 2 aromatic carbocycles. The van der Waals surface area contributed by atoms with E-state index in [4.69, 9.17) is 25.8 Å². The van der Waals surface area contributed by atoms with Crippen molar-refractivity contribution < 1.29 is 24.1 Å². The van der Waals surface area contributed by atoms with Crippen molar-refractivity contribution in [2.45, 2.75) is 19.9 Å². The van der Waals surface area contributed by atoms with E-state index in [1.807, 2.05) is 13.8 Å². The maximum Gasteiger partial charge on any atom is 0.337 e. The molecule has 0 amide bonds. The number of thiazole rings is 1. The molecule has 1 aromatic heterocycles. The molecular formula is C25H22BrClN2O6S. The molecule has 8 nitrogen and oxygen atoms in total. The summed E-state index contributed by atoms with van der Waals surface area (Å²) in [7, 11) is 1.27. The smallest absolute Gasteiger partial charge is 0.337 e. The number of benzene rings is 2. The van der Waals surface area contributed by atoms with Gasteiger partial charge in [0.15, 0.2) is 16.3 Å². The quantitative estimate of drug-likeness (QED) is 0.417. The van der Waals surface area contributed by atoms with Crippen molar-refractivity contribution in [3.05, 3.63) is 82.4 Å². The Hall–Kier alpha value is -3.08. The number of esters is 1. The number of fused-ring (bicyclic) bond motifs is 1. The Morgan fingerprint density at radius 3 is 2.64 bits per heavy atom. The van der Waals surface area contributed by atoms with E-state index in [-0.39, 0.29) is 16.9 Å². The minimum atomic E-state index is -0.814. The maximum atomic E-state index is 13.6. The number of aromatic nitrogens is 1. The number of carbonyl (C=O) groups is 1. The Morgan fingerprint density at radius 1 is 1.22 bits per heavy atom. The summed E-state index contributed by atoms with van der Waals surface area (Å²) in [6.07, 6.45) is 2.95. The predicted octanol–water partition coefficient (Wildman–Crippen LogP) is 3.94. The summed E-state index contributed by atoms with van der Waals surface area (Å²) in [4.78, 5) is 31.1. The minimum absolute atomic E-state index is 0.0510. The van der Waals surface area contributed by atoms with Gasteiger partial charge in [-0.05, 0) is 65.7 Å². The van der Waals surface area contributed by atoms with Gasteiger partial charge < -0.3 is 19.3 Å². The minimum Gasteiger partial charge on any atom is -0.506 e. The van der Waals surface area contributed by atoms with Crippen LogP contribution >= 0.6 is 38.9 Å². The van der Waals surface area contributed by atoms with Crippen LogP contribution in [0.1, 0.15) is 31.0 Å². The molecule has 1 aliphatic heterocycles. The molecule has 2 heterocycles. The van der Waals surface area contributed by atoms with Crippen LogP contribution in [0.15, 0.2) is 56.4 Å². The van der Waals surface area contributed by atoms with Gasteiger partial charge in [-0.15, -0.1) is 0 Å². The second-order valence-corrected chi connectivity index (χ2v) is 9.87. The van der Waals surface area contributed by atoms with E-state index in [9.17, 15) is 14.7 Å². The summed E-state index contributed by atoms with van der Waals surface area (Å²) >= 11 is 10.5. The van der Waals surface area contributed by atoms with Gasteiger partial charge in [-0.3, -0.25) is 9.36 Å². The van der Waals surface area contributed by atoms with Crippen molar-refractivity contribution in [1.29, 1.82) is 0 Å². The van der Waals surface area contributed by atoms with Gasteiger partial charge in [0.2, 0.25) is 0 Å². The molecule has 4 rings (SSSR count). The zero-order valence-electron chi connectivity index (χ0n) is 19.6. The molecule has 11 heteroatoms. The largest absolute Gasteiger partial charge is 0.506 e. The summed E-state index contributed by atoms with van der Waals surface area (Å²) in [5, 5.41) is 10.8. The molecule has 0 spiro atoms. The summed E-state index contributed by atoms with van der Waals surface area (Å²) in [5.41, 5.74) is 0.787. The second-order valence-electron chi connectivity index (χ2n) is 7.57. The average molecular weight is 594 g/mol. The predicted molar refractivity (Wildman–Crippen MR) is 141 cm³/mol. The van der Waals surface area contributed by atoms with Crippen LogP contribution in [0.5, 0.6) is 17.2 Å². The number of hydrogen-bond donors (Lipinski definition) is 1. The van der Waals surface area contributed by atoms with E-state index in [2.05, 4.69) is 20.9 Å². The number of phenols is 1. The summed E-state index contributed by atoms with van der Waals surface area (Å²) in [6.45, 7) is 4.59. The van der Waals surface area contributed by atoms with Gasteiger partial charge in [-0.2, -0.15) is 0 Å². The highest BCUT2D eigenvalue weighted by Gasteiger charge is 2.31. The van der Waals surface area contributed by atoms with Crippen LogP contribution in [0.4, 0.5) is 0 Å². The van der Waals surface area contributed by atoms with Crippen LogP contribution in [0.3, 0.4) is 0 Å². The second kappa shape index (κ2) is 10.9. The van der Waals surface area contributed by atoms with Crippen molar-refractivity contribution in [3.8, 4) is 17.2 Å². The molecule has 0 aliphatic carbocycles. The number of hydrogen-bond acceptors (Lipinski definition) is 8. The topological polar surface area (TPSA) is 99.4 Å². The van der Waals surface area contributed by atoms with Crippen LogP contribution in [0, 0.1) is 0 Å². The Bertz CT molecular complexity index is 1550. The highest BCUT2D eigenvalue weighted by Crippen LogP contribution is 2.35. The van der Waals surface area contributed by atoms with Gasteiger partial charge in [0.1, 0.15) is 5.75 Å². The van der Waals surface area contributed by atoms with E-state index in [1.54, 1.807) is 36.4 Å². The van der Waals surface area contributed by atoms with Crippen molar-refractivity contribution in [2.24, 2.45) is 4.99 Å². The van der Waals surface area contributed by atoms with E-state index in [0.29, 0.717) is 54.7 Å². The Morgan fingerprint density at radius 2 is 1.94 bits per heavy atom. The van der Waals surface area contributed by atoms with Crippen LogP contribution in [-0.2, 0) is 9.53 Å². The number of ether oxygens (including phenoxy) is 3. The zero-order valence-corrected chi connectivity index (χ0v) is 22.7. The highest BCUT2D eigenvalue weighted by atomic mass is 79.9. The van der Waals surface area contributed by atoms with Crippen molar-refractivity contribution in [3.63, 3.8) is 0 Å². The zero-order chi connectivity index (χ0) is 26.0. The average Bonchev–Trinajstić information content (AvgIpc) is 3.17. The number of aromatic hydroxyl groups is 1. The lowest BCUT2D eigenvalue weighted by Crippen LogP contribution is -2.39. The Kier molecular flexibility index (Phi) is 7.87. The van der Waals surface area contributed by atoms with Crippen LogP contribution < -0.4 is 24.4 Å². The third-order valence-corrected chi connectivity index (χ3v) is 7.17. The lowest BCUT2D eigenvalue weighted by atomic mass is 9.97. The molecule has 188 valence electrons. The first-order chi connectivity index (χ1) is 17.3. The van der Waals surface area contributed by atoms with E-state index >= 15 is 0 Å². The van der Waals surface area contributed by atoms with Crippen molar-refractivity contribution in [1.82, 2.24) is 4.57 Å². The highest BCUT2D eigenvalue weighted by molar-refractivity contribution is 9.10. The number of rotatable bonds is 7. The van der Waals surface area contributed by atoms with Crippen molar-refractivity contribution >= 4 is 50.9 Å². The van der Waals surface area contributed by atoms with Gasteiger partial charge in [-0.1, -0.05) is 29.0 Å². The number of methoxy groups -OCH3 is 1. The monoisotopic (exact) mass is 592 g/mol. The normalized spacial score (nSPS) is 15.1. The first kappa shape index (κ1) is 26.0. The SMILES string of the molecule is CCOc1ccc([C@@H]2C(C(=O)OC)=CN=c3s/c(=C\c4cc(Cl)cc(Br)c4O)c(=O)n32)cc1OCC. The van der Waals surface area contributed by atoms with E-state index < -0.39 is 12.0 Å². The summed E-state index contributed by atoms with van der Waals surface area (Å²) in [5.74, 6) is 0.390. The molecule has 0 fully saturated rings. The fraction of sp³-hybridized carbons (Fsp3) is 0.240. The molecule has 0 radical (unpaired) electrons. The van der Waals surface area contributed by atoms with Gasteiger partial charge in [0.25, 0.3) is 5.56 Å². The molecule has 0 saturated heterocycles. The van der Waals surface area contributed by atoms with E-state index in [1.165, 1.54) is 17.9 Å². The third kappa shape index (κ3) is 4.93. The maximum absolute atomic E-state index is 13.6.